The van der Waals surface area contributed by atoms with Crippen LogP contribution in [0.1, 0.15) is 22.5 Å². The summed E-state index contributed by atoms with van der Waals surface area (Å²) < 4.78 is 7.60. The lowest BCUT2D eigenvalue weighted by Gasteiger charge is -2.07. The van der Waals surface area contributed by atoms with Crippen LogP contribution in [0, 0.1) is 6.92 Å². The third-order valence-corrected chi connectivity index (χ3v) is 4.28. The normalized spacial score (nSPS) is 11.1. The van der Waals surface area contributed by atoms with Gasteiger partial charge in [0.15, 0.2) is 5.76 Å². The van der Waals surface area contributed by atoms with Gasteiger partial charge in [-0.15, -0.1) is 0 Å². The third-order valence-electron chi connectivity index (χ3n) is 4.28. The van der Waals surface area contributed by atoms with Crippen molar-refractivity contribution in [1.82, 2.24) is 25.3 Å². The summed E-state index contributed by atoms with van der Waals surface area (Å²) >= 11 is 0. The second kappa shape index (κ2) is 7.41. The van der Waals surface area contributed by atoms with Gasteiger partial charge < -0.3 is 9.73 Å². The van der Waals surface area contributed by atoms with Crippen LogP contribution in [-0.4, -0.2) is 20.0 Å². The van der Waals surface area contributed by atoms with E-state index in [-0.39, 0.29) is 0 Å². The van der Waals surface area contributed by atoms with Crippen LogP contribution in [0.5, 0.6) is 0 Å². The van der Waals surface area contributed by atoms with Gasteiger partial charge in [-0.25, -0.2) is 0 Å². The summed E-state index contributed by atoms with van der Waals surface area (Å²) in [7, 11) is 0. The van der Waals surface area contributed by atoms with E-state index in [4.69, 9.17) is 4.42 Å². The van der Waals surface area contributed by atoms with Gasteiger partial charge in [0.25, 0.3) is 0 Å². The highest BCUT2D eigenvalue weighted by Crippen LogP contribution is 2.23. The number of H-pyrrole nitrogens is 1. The average Bonchev–Trinajstić information content (AvgIpc) is 3.38. The van der Waals surface area contributed by atoms with E-state index in [1.54, 1.807) is 6.20 Å². The highest BCUT2D eigenvalue weighted by Gasteiger charge is 2.10. The number of hydrogen-bond acceptors (Lipinski definition) is 4. The van der Waals surface area contributed by atoms with Gasteiger partial charge in [0.05, 0.1) is 12.7 Å². The number of aromatic nitrogens is 4. The summed E-state index contributed by atoms with van der Waals surface area (Å²) in [6.45, 7) is 4.25. The zero-order valence-corrected chi connectivity index (χ0v) is 14.6. The molecular formula is C20H21N5O. The largest absolute Gasteiger partial charge is 0.460 e. The molecule has 2 N–H and O–H groups in total. The van der Waals surface area contributed by atoms with Crippen LogP contribution in [0.3, 0.4) is 0 Å². The van der Waals surface area contributed by atoms with E-state index < -0.39 is 0 Å². The Morgan fingerprint density at radius 1 is 1.08 bits per heavy atom. The first-order valence-corrected chi connectivity index (χ1v) is 8.63. The molecule has 0 aliphatic carbocycles. The van der Waals surface area contributed by atoms with Gasteiger partial charge in [0.2, 0.25) is 0 Å². The van der Waals surface area contributed by atoms with Crippen molar-refractivity contribution >= 4 is 0 Å². The zero-order chi connectivity index (χ0) is 17.8. The molecule has 26 heavy (non-hydrogen) atoms. The van der Waals surface area contributed by atoms with Crippen LogP contribution in [0.25, 0.3) is 11.5 Å². The van der Waals surface area contributed by atoms with Crippen molar-refractivity contribution in [2.45, 2.75) is 26.6 Å². The SMILES string of the molecule is Cc1ccc(-c2[nH]ncc2CNCc2ccc(Cn3cccn3)cc2)o1. The molecule has 4 aromatic rings. The fourth-order valence-electron chi connectivity index (χ4n) is 2.91. The molecule has 0 bridgehead atoms. The van der Waals surface area contributed by atoms with Crippen molar-refractivity contribution in [1.29, 1.82) is 0 Å². The highest BCUT2D eigenvalue weighted by atomic mass is 16.3. The van der Waals surface area contributed by atoms with Crippen LogP contribution in [0.15, 0.2) is 65.5 Å². The summed E-state index contributed by atoms with van der Waals surface area (Å²) in [6.07, 6.45) is 5.61. The Balaban J connectivity index is 1.33. The molecule has 0 saturated carbocycles. The molecule has 0 spiro atoms. The molecule has 6 heteroatoms. The summed E-state index contributed by atoms with van der Waals surface area (Å²) in [5.74, 6) is 1.71. The molecule has 132 valence electrons. The van der Waals surface area contributed by atoms with Crippen molar-refractivity contribution < 1.29 is 4.42 Å². The fourth-order valence-corrected chi connectivity index (χ4v) is 2.91. The van der Waals surface area contributed by atoms with Crippen molar-refractivity contribution in [2.75, 3.05) is 0 Å². The van der Waals surface area contributed by atoms with Crippen LogP contribution in [-0.2, 0) is 19.6 Å². The van der Waals surface area contributed by atoms with Crippen LogP contribution < -0.4 is 5.32 Å². The molecule has 1 aromatic carbocycles. The Morgan fingerprint density at radius 2 is 1.92 bits per heavy atom. The first kappa shape index (κ1) is 16.4. The lowest BCUT2D eigenvalue weighted by atomic mass is 10.1. The van der Waals surface area contributed by atoms with Crippen molar-refractivity contribution in [3.63, 3.8) is 0 Å². The van der Waals surface area contributed by atoms with Gasteiger partial charge in [-0.3, -0.25) is 9.78 Å². The number of hydrogen-bond donors (Lipinski definition) is 2. The van der Waals surface area contributed by atoms with E-state index >= 15 is 0 Å². The summed E-state index contributed by atoms with van der Waals surface area (Å²) in [5, 5.41) is 14.9. The van der Waals surface area contributed by atoms with Gasteiger partial charge in [0.1, 0.15) is 11.5 Å². The predicted molar refractivity (Wildman–Crippen MR) is 99.3 cm³/mol. The Kier molecular flexibility index (Phi) is 4.66. The number of furan rings is 1. The Labute approximate surface area is 151 Å². The number of aromatic amines is 1. The minimum Gasteiger partial charge on any atom is -0.460 e. The van der Waals surface area contributed by atoms with Crippen LogP contribution in [0.4, 0.5) is 0 Å². The first-order chi connectivity index (χ1) is 12.8. The third kappa shape index (κ3) is 3.75. The van der Waals surface area contributed by atoms with Crippen molar-refractivity contribution in [2.24, 2.45) is 0 Å². The van der Waals surface area contributed by atoms with Crippen LogP contribution in [0.2, 0.25) is 0 Å². The van der Waals surface area contributed by atoms with Gasteiger partial charge in [-0.2, -0.15) is 10.2 Å². The lowest BCUT2D eigenvalue weighted by Crippen LogP contribution is -2.13. The molecule has 0 unspecified atom stereocenters. The summed E-state index contributed by atoms with van der Waals surface area (Å²) in [4.78, 5) is 0. The van der Waals surface area contributed by atoms with E-state index in [9.17, 15) is 0 Å². The van der Waals surface area contributed by atoms with E-state index in [2.05, 4.69) is 44.9 Å². The minimum atomic E-state index is 0.723. The Hall–Kier alpha value is -3.12. The van der Waals surface area contributed by atoms with Gasteiger partial charge in [-0.1, -0.05) is 24.3 Å². The molecule has 0 aliphatic rings. The quantitative estimate of drug-likeness (QED) is 0.537. The molecule has 0 amide bonds. The minimum absolute atomic E-state index is 0.723. The molecule has 0 fully saturated rings. The number of rotatable bonds is 7. The molecule has 0 aliphatic heterocycles. The monoisotopic (exact) mass is 347 g/mol. The van der Waals surface area contributed by atoms with Crippen molar-refractivity contribution in [3.8, 4) is 11.5 Å². The topological polar surface area (TPSA) is 71.7 Å². The van der Waals surface area contributed by atoms with Gasteiger partial charge in [0, 0.05) is 31.0 Å². The van der Waals surface area contributed by atoms with E-state index in [0.29, 0.717) is 0 Å². The molecule has 0 atom stereocenters. The first-order valence-electron chi connectivity index (χ1n) is 8.63. The lowest BCUT2D eigenvalue weighted by molar-refractivity contribution is 0.545. The number of nitrogens with one attached hydrogen (secondary N) is 2. The molecule has 0 saturated heterocycles. The molecule has 0 radical (unpaired) electrons. The second-order valence-electron chi connectivity index (χ2n) is 6.30. The number of nitrogens with zero attached hydrogens (tertiary/aromatic N) is 3. The number of aryl methyl sites for hydroxylation is 1. The average molecular weight is 347 g/mol. The summed E-state index contributed by atoms with van der Waals surface area (Å²) in [5.41, 5.74) is 4.51. The maximum atomic E-state index is 5.68. The van der Waals surface area contributed by atoms with E-state index in [1.807, 2.05) is 42.2 Å². The number of benzene rings is 1. The van der Waals surface area contributed by atoms with Crippen molar-refractivity contribution in [3.05, 3.63) is 83.5 Å². The highest BCUT2D eigenvalue weighted by molar-refractivity contribution is 5.56. The standard InChI is InChI=1S/C20H21N5O/c1-15-3-8-19(26-15)20-18(13-22-24-20)12-21-11-16-4-6-17(7-5-16)14-25-10-2-9-23-25/h2-10,13,21H,11-12,14H2,1H3,(H,22,24). The smallest absolute Gasteiger partial charge is 0.152 e. The maximum absolute atomic E-state index is 5.68. The Morgan fingerprint density at radius 3 is 2.65 bits per heavy atom. The van der Waals surface area contributed by atoms with Gasteiger partial charge >= 0.3 is 0 Å². The summed E-state index contributed by atoms with van der Waals surface area (Å²) in [6, 6.07) is 14.5. The Bertz CT molecular complexity index is 950. The van der Waals surface area contributed by atoms with Gasteiger partial charge in [-0.05, 0) is 36.2 Å². The molecule has 4 rings (SSSR count). The maximum Gasteiger partial charge on any atom is 0.152 e. The molecule has 6 nitrogen and oxygen atoms in total. The van der Waals surface area contributed by atoms with E-state index in [0.717, 1.165) is 42.4 Å². The molecular weight excluding hydrogens is 326 g/mol. The van der Waals surface area contributed by atoms with E-state index in [1.165, 1.54) is 11.1 Å². The van der Waals surface area contributed by atoms with Crippen LogP contribution >= 0.6 is 0 Å². The molecule has 3 aromatic heterocycles. The predicted octanol–water partition coefficient (Wildman–Crippen LogP) is 3.51. The second-order valence-corrected chi connectivity index (χ2v) is 6.30. The zero-order valence-electron chi connectivity index (χ0n) is 14.6. The molecule has 3 heterocycles. The fraction of sp³-hybridized carbons (Fsp3) is 0.200.